The second-order valence-corrected chi connectivity index (χ2v) is 7.94. The minimum atomic E-state index is -0.457. The predicted molar refractivity (Wildman–Crippen MR) is 117 cm³/mol. The minimum Gasteiger partial charge on any atom is -0.328 e. The number of hydrogen-bond donors (Lipinski definition) is 2. The molecular formula is C22H17FN6OS. The van der Waals surface area contributed by atoms with E-state index in [1.165, 1.54) is 23.5 Å². The van der Waals surface area contributed by atoms with E-state index in [0.717, 1.165) is 4.88 Å². The van der Waals surface area contributed by atoms with Crippen LogP contribution in [0.3, 0.4) is 0 Å². The molecule has 4 heterocycles. The number of carbonyl (C=O) groups excluding carboxylic acids is 1. The lowest BCUT2D eigenvalue weighted by atomic mass is 10.0. The number of carbonyl (C=O) groups is 1. The molecule has 31 heavy (non-hydrogen) atoms. The van der Waals surface area contributed by atoms with E-state index in [4.69, 9.17) is 0 Å². The molecule has 4 aromatic rings. The predicted octanol–water partition coefficient (Wildman–Crippen LogP) is 4.47. The van der Waals surface area contributed by atoms with Gasteiger partial charge in [0.05, 0.1) is 5.57 Å². The summed E-state index contributed by atoms with van der Waals surface area (Å²) in [5.41, 5.74) is 1.89. The Labute approximate surface area is 181 Å². The third-order valence-corrected chi connectivity index (χ3v) is 5.84. The Morgan fingerprint density at radius 1 is 1.16 bits per heavy atom. The molecule has 0 spiro atoms. The Hall–Kier alpha value is -3.85. The Kier molecular flexibility index (Phi) is 4.79. The number of halogens is 1. The Bertz CT molecular complexity index is 1270. The molecule has 1 unspecified atom stereocenters. The van der Waals surface area contributed by atoms with E-state index in [1.54, 1.807) is 35.1 Å². The summed E-state index contributed by atoms with van der Waals surface area (Å²) in [5, 5.41) is 12.7. The number of nitrogens with zero attached hydrogens (tertiary/aromatic N) is 4. The molecule has 1 aliphatic heterocycles. The summed E-state index contributed by atoms with van der Waals surface area (Å²) in [6.07, 6.45) is 1.62. The summed E-state index contributed by atoms with van der Waals surface area (Å²) in [7, 11) is 0. The molecule has 3 aromatic heterocycles. The first-order valence-corrected chi connectivity index (χ1v) is 10.4. The first kappa shape index (κ1) is 19.1. The maximum atomic E-state index is 13.3. The number of anilines is 2. The van der Waals surface area contributed by atoms with Gasteiger partial charge < -0.3 is 10.6 Å². The van der Waals surface area contributed by atoms with Crippen LogP contribution in [-0.4, -0.2) is 25.7 Å². The largest absolute Gasteiger partial charge is 0.328 e. The number of allylic oxidation sites excluding steroid dienone is 1. The Balaban J connectivity index is 1.57. The average Bonchev–Trinajstić information content (AvgIpc) is 3.44. The molecule has 0 radical (unpaired) electrons. The highest BCUT2D eigenvalue weighted by molar-refractivity contribution is 7.10. The van der Waals surface area contributed by atoms with Gasteiger partial charge in [-0.1, -0.05) is 12.1 Å². The molecule has 5 rings (SSSR count). The number of amides is 1. The highest BCUT2D eigenvalue weighted by atomic mass is 32.1. The van der Waals surface area contributed by atoms with E-state index < -0.39 is 6.04 Å². The number of pyridine rings is 1. The number of hydrogen-bond acceptors (Lipinski definition) is 6. The topological polar surface area (TPSA) is 84.7 Å². The van der Waals surface area contributed by atoms with Gasteiger partial charge in [-0.2, -0.15) is 4.98 Å². The molecular weight excluding hydrogens is 415 g/mol. The van der Waals surface area contributed by atoms with Crippen LogP contribution in [-0.2, 0) is 4.79 Å². The third-order valence-electron chi connectivity index (χ3n) is 4.92. The Morgan fingerprint density at radius 2 is 2.00 bits per heavy atom. The molecule has 0 aliphatic carbocycles. The van der Waals surface area contributed by atoms with Crippen LogP contribution in [0.2, 0.25) is 0 Å². The lowest BCUT2D eigenvalue weighted by Crippen LogP contribution is -2.31. The van der Waals surface area contributed by atoms with Crippen molar-refractivity contribution in [2.75, 3.05) is 10.6 Å². The highest BCUT2D eigenvalue weighted by Crippen LogP contribution is 2.38. The molecule has 1 amide bonds. The van der Waals surface area contributed by atoms with Crippen molar-refractivity contribution in [2.45, 2.75) is 13.0 Å². The van der Waals surface area contributed by atoms with Crippen LogP contribution in [0.1, 0.15) is 17.8 Å². The van der Waals surface area contributed by atoms with Crippen molar-refractivity contribution in [3.63, 3.8) is 0 Å². The second kappa shape index (κ2) is 7.77. The summed E-state index contributed by atoms with van der Waals surface area (Å²) in [5.74, 6) is 0.835. The van der Waals surface area contributed by atoms with Crippen molar-refractivity contribution >= 4 is 29.0 Å². The van der Waals surface area contributed by atoms with E-state index in [0.29, 0.717) is 34.4 Å². The van der Waals surface area contributed by atoms with Crippen molar-refractivity contribution in [3.05, 3.63) is 88.1 Å². The highest BCUT2D eigenvalue weighted by Gasteiger charge is 2.35. The second-order valence-electron chi connectivity index (χ2n) is 6.96. The fourth-order valence-corrected chi connectivity index (χ4v) is 4.31. The molecule has 1 aromatic carbocycles. The normalized spacial score (nSPS) is 15.4. The van der Waals surface area contributed by atoms with E-state index >= 15 is 0 Å². The van der Waals surface area contributed by atoms with Crippen molar-refractivity contribution < 1.29 is 9.18 Å². The lowest BCUT2D eigenvalue weighted by Gasteiger charge is -2.27. The van der Waals surface area contributed by atoms with Gasteiger partial charge in [-0.05, 0) is 54.8 Å². The molecule has 7 nitrogen and oxygen atoms in total. The maximum absolute atomic E-state index is 13.3. The lowest BCUT2D eigenvalue weighted by molar-refractivity contribution is -0.113. The molecule has 0 bridgehead atoms. The molecule has 154 valence electrons. The summed E-state index contributed by atoms with van der Waals surface area (Å²) in [6.45, 7) is 1.84. The van der Waals surface area contributed by atoms with Crippen molar-refractivity contribution in [1.29, 1.82) is 0 Å². The van der Waals surface area contributed by atoms with Gasteiger partial charge in [-0.25, -0.2) is 14.1 Å². The smallest absolute Gasteiger partial charge is 0.257 e. The molecule has 0 saturated heterocycles. The van der Waals surface area contributed by atoms with E-state index in [9.17, 15) is 9.18 Å². The van der Waals surface area contributed by atoms with E-state index in [-0.39, 0.29) is 11.7 Å². The fourth-order valence-electron chi connectivity index (χ4n) is 3.50. The standard InChI is InChI=1S/C22H17FN6OS/c1-13-18(21(30)26-17-6-2-3-11-24-17)19(16-5-4-12-31-16)29-22(25-13)27-20(28-29)14-7-9-15(23)10-8-14/h2-12,19H,1H3,(H,24,26,30)(H,25,27,28). The van der Waals surface area contributed by atoms with Gasteiger partial charge >= 0.3 is 0 Å². The van der Waals surface area contributed by atoms with Gasteiger partial charge in [0.1, 0.15) is 17.7 Å². The summed E-state index contributed by atoms with van der Waals surface area (Å²) in [6, 6.07) is 14.8. The van der Waals surface area contributed by atoms with Crippen LogP contribution in [0.25, 0.3) is 11.4 Å². The van der Waals surface area contributed by atoms with Crippen LogP contribution in [0.4, 0.5) is 16.2 Å². The van der Waals surface area contributed by atoms with Crippen LogP contribution < -0.4 is 10.6 Å². The summed E-state index contributed by atoms with van der Waals surface area (Å²) < 4.78 is 15.0. The number of nitrogens with one attached hydrogen (secondary N) is 2. The number of rotatable bonds is 4. The maximum Gasteiger partial charge on any atom is 0.257 e. The third kappa shape index (κ3) is 3.59. The molecule has 2 N–H and O–H groups in total. The zero-order chi connectivity index (χ0) is 21.4. The summed E-state index contributed by atoms with van der Waals surface area (Å²) >= 11 is 1.53. The first-order valence-electron chi connectivity index (χ1n) is 9.56. The molecule has 0 fully saturated rings. The quantitative estimate of drug-likeness (QED) is 0.497. The van der Waals surface area contributed by atoms with E-state index in [1.807, 2.05) is 30.5 Å². The zero-order valence-corrected chi connectivity index (χ0v) is 17.2. The first-order chi connectivity index (χ1) is 15.1. The van der Waals surface area contributed by atoms with Gasteiger partial charge in [-0.15, -0.1) is 16.4 Å². The van der Waals surface area contributed by atoms with Crippen molar-refractivity contribution in [1.82, 2.24) is 19.7 Å². The molecule has 9 heteroatoms. The fraction of sp³-hybridized carbons (Fsp3) is 0.0909. The number of fused-ring (bicyclic) bond motifs is 1. The Morgan fingerprint density at radius 3 is 2.71 bits per heavy atom. The van der Waals surface area contributed by atoms with Crippen molar-refractivity contribution in [3.8, 4) is 11.4 Å². The average molecular weight is 432 g/mol. The number of aromatic nitrogens is 4. The van der Waals surface area contributed by atoms with Gasteiger partial charge in [0.25, 0.3) is 5.91 Å². The van der Waals surface area contributed by atoms with Gasteiger partial charge in [0, 0.05) is 22.3 Å². The van der Waals surface area contributed by atoms with Crippen LogP contribution >= 0.6 is 11.3 Å². The van der Waals surface area contributed by atoms with Gasteiger partial charge in [-0.3, -0.25) is 4.79 Å². The minimum absolute atomic E-state index is 0.272. The monoisotopic (exact) mass is 432 g/mol. The molecule has 0 saturated carbocycles. The zero-order valence-electron chi connectivity index (χ0n) is 16.4. The number of thiophene rings is 1. The SMILES string of the molecule is CC1=C(C(=O)Nc2ccccn2)C(c2cccs2)n2nc(-c3ccc(F)cc3)nc2N1. The molecule has 1 aliphatic rings. The summed E-state index contributed by atoms with van der Waals surface area (Å²) in [4.78, 5) is 23.0. The number of benzene rings is 1. The van der Waals surface area contributed by atoms with Crippen LogP contribution in [0.15, 0.2) is 77.4 Å². The van der Waals surface area contributed by atoms with Gasteiger partial charge in [0.2, 0.25) is 5.95 Å². The van der Waals surface area contributed by atoms with Crippen LogP contribution in [0, 0.1) is 5.82 Å². The van der Waals surface area contributed by atoms with E-state index in [2.05, 4.69) is 25.7 Å². The van der Waals surface area contributed by atoms with Crippen LogP contribution in [0.5, 0.6) is 0 Å². The van der Waals surface area contributed by atoms with Crippen molar-refractivity contribution in [2.24, 2.45) is 0 Å². The molecule has 1 atom stereocenters. The van der Waals surface area contributed by atoms with Gasteiger partial charge in [0.15, 0.2) is 5.82 Å².